The van der Waals surface area contributed by atoms with E-state index in [1.807, 2.05) is 24.3 Å². The average Bonchev–Trinajstić information content (AvgIpc) is 2.37. The maximum absolute atomic E-state index is 11.7. The van der Waals surface area contributed by atoms with Gasteiger partial charge in [-0.15, -0.1) is 0 Å². The second-order valence-electron chi connectivity index (χ2n) is 3.33. The van der Waals surface area contributed by atoms with Gasteiger partial charge in [0.15, 0.2) is 0 Å². The van der Waals surface area contributed by atoms with Crippen LogP contribution in [0.5, 0.6) is 0 Å². The molecular formula is C11H12O. The Morgan fingerprint density at radius 3 is 2.00 bits per heavy atom. The number of Topliss-reactive ketones (excluding diaryl/α,β-unsaturated/α-hetero) is 1. The summed E-state index contributed by atoms with van der Waals surface area (Å²) in [6.07, 6.45) is 14.0. The summed E-state index contributed by atoms with van der Waals surface area (Å²) in [5.41, 5.74) is 0. The summed E-state index contributed by atoms with van der Waals surface area (Å²) >= 11 is 0. The predicted molar refractivity (Wildman–Crippen MR) is 48.6 cm³/mol. The number of hydrogen-bond donors (Lipinski definition) is 0. The van der Waals surface area contributed by atoms with Crippen LogP contribution < -0.4 is 0 Å². The number of ketones is 1. The van der Waals surface area contributed by atoms with E-state index >= 15 is 0 Å². The minimum atomic E-state index is 0.128. The van der Waals surface area contributed by atoms with E-state index in [1.165, 1.54) is 0 Å². The molecule has 62 valence electrons. The van der Waals surface area contributed by atoms with E-state index in [4.69, 9.17) is 0 Å². The molecule has 0 radical (unpaired) electrons. The molecule has 2 bridgehead atoms. The molecular weight excluding hydrogens is 148 g/mol. The third kappa shape index (κ3) is 1.27. The van der Waals surface area contributed by atoms with Gasteiger partial charge in [0.25, 0.3) is 0 Å². The van der Waals surface area contributed by atoms with Gasteiger partial charge in [0, 0.05) is 11.8 Å². The molecule has 12 heavy (non-hydrogen) atoms. The molecule has 0 unspecified atom stereocenters. The van der Waals surface area contributed by atoms with Gasteiger partial charge in [-0.3, -0.25) is 4.79 Å². The van der Waals surface area contributed by atoms with Crippen LogP contribution in [0.25, 0.3) is 0 Å². The van der Waals surface area contributed by atoms with Gasteiger partial charge < -0.3 is 0 Å². The summed E-state index contributed by atoms with van der Waals surface area (Å²) in [5.74, 6) is 0.637. The number of rotatable bonds is 0. The summed E-state index contributed by atoms with van der Waals surface area (Å²) in [4.78, 5) is 11.7. The SMILES string of the molecule is O=C1[C@@H]2C=CC=C[C@H]1CC=CC2. The van der Waals surface area contributed by atoms with Crippen LogP contribution in [0.15, 0.2) is 36.5 Å². The Hall–Kier alpha value is -1.11. The molecule has 1 heteroatoms. The first kappa shape index (κ1) is 7.53. The molecule has 0 saturated heterocycles. The number of carbonyl (C=O) groups is 1. The molecule has 0 amide bonds. The topological polar surface area (TPSA) is 17.1 Å². The highest BCUT2D eigenvalue weighted by Gasteiger charge is 2.24. The van der Waals surface area contributed by atoms with E-state index in [0.717, 1.165) is 12.8 Å². The Bertz CT molecular complexity index is 245. The van der Waals surface area contributed by atoms with Gasteiger partial charge in [-0.2, -0.15) is 0 Å². The Labute approximate surface area is 72.5 Å². The molecule has 0 fully saturated rings. The molecule has 1 nitrogen and oxygen atoms in total. The lowest BCUT2D eigenvalue weighted by Gasteiger charge is -2.10. The number of fused-ring (bicyclic) bond motifs is 2. The molecule has 0 spiro atoms. The summed E-state index contributed by atoms with van der Waals surface area (Å²) in [6, 6.07) is 0. The molecule has 0 aromatic carbocycles. The van der Waals surface area contributed by atoms with Crippen molar-refractivity contribution in [1.82, 2.24) is 0 Å². The van der Waals surface area contributed by atoms with E-state index in [-0.39, 0.29) is 11.8 Å². The fourth-order valence-corrected chi connectivity index (χ4v) is 1.74. The van der Waals surface area contributed by atoms with E-state index in [2.05, 4.69) is 12.2 Å². The standard InChI is InChI=1S/C11H12O/c12-11-9-5-1-2-6-10(11)8-4-3-7-9/h1-6,9-10H,7-8H2/t9-,10+. The van der Waals surface area contributed by atoms with E-state index in [1.54, 1.807) is 0 Å². The predicted octanol–water partition coefficient (Wildman–Crippen LogP) is 2.26. The first-order valence-corrected chi connectivity index (χ1v) is 4.41. The van der Waals surface area contributed by atoms with Gasteiger partial charge in [0.2, 0.25) is 0 Å². The lowest BCUT2D eigenvalue weighted by molar-refractivity contribution is -0.123. The monoisotopic (exact) mass is 160 g/mol. The van der Waals surface area contributed by atoms with Gasteiger partial charge in [-0.25, -0.2) is 0 Å². The zero-order valence-corrected chi connectivity index (χ0v) is 6.94. The number of hydrogen-bond acceptors (Lipinski definition) is 1. The highest BCUT2D eigenvalue weighted by Crippen LogP contribution is 2.24. The van der Waals surface area contributed by atoms with Gasteiger partial charge >= 0.3 is 0 Å². The van der Waals surface area contributed by atoms with Crippen molar-refractivity contribution in [2.75, 3.05) is 0 Å². The van der Waals surface area contributed by atoms with Crippen LogP contribution in [0, 0.1) is 11.8 Å². The maximum Gasteiger partial charge on any atom is 0.147 e. The molecule has 2 aliphatic carbocycles. The summed E-state index contributed by atoms with van der Waals surface area (Å²) in [7, 11) is 0. The molecule has 2 rings (SSSR count). The van der Waals surface area contributed by atoms with Crippen molar-refractivity contribution in [2.45, 2.75) is 12.8 Å². The largest absolute Gasteiger partial charge is 0.298 e. The van der Waals surface area contributed by atoms with Crippen molar-refractivity contribution in [3.05, 3.63) is 36.5 Å². The van der Waals surface area contributed by atoms with Crippen LogP contribution in [0.1, 0.15) is 12.8 Å². The number of carbonyl (C=O) groups excluding carboxylic acids is 1. The average molecular weight is 160 g/mol. The highest BCUT2D eigenvalue weighted by atomic mass is 16.1. The molecule has 0 aromatic rings. The molecule has 2 aliphatic rings. The van der Waals surface area contributed by atoms with Crippen molar-refractivity contribution in [3.8, 4) is 0 Å². The van der Waals surface area contributed by atoms with E-state index in [9.17, 15) is 4.79 Å². The van der Waals surface area contributed by atoms with Crippen LogP contribution in [-0.2, 0) is 4.79 Å². The minimum absolute atomic E-state index is 0.128. The van der Waals surface area contributed by atoms with Gasteiger partial charge in [0.05, 0.1) is 0 Å². The van der Waals surface area contributed by atoms with Crippen molar-refractivity contribution in [2.24, 2.45) is 11.8 Å². The first-order valence-electron chi connectivity index (χ1n) is 4.41. The molecule has 2 atom stereocenters. The smallest absolute Gasteiger partial charge is 0.147 e. The summed E-state index contributed by atoms with van der Waals surface area (Å²) < 4.78 is 0. The molecule has 0 heterocycles. The highest BCUT2D eigenvalue weighted by molar-refractivity contribution is 5.87. The third-order valence-corrected chi connectivity index (χ3v) is 2.48. The molecule has 0 N–H and O–H groups in total. The van der Waals surface area contributed by atoms with Crippen LogP contribution in [0.3, 0.4) is 0 Å². The lowest BCUT2D eigenvalue weighted by atomic mass is 9.92. The Balaban J connectivity index is 2.33. The molecule has 0 aliphatic heterocycles. The van der Waals surface area contributed by atoms with Gasteiger partial charge in [-0.05, 0) is 12.8 Å². The second kappa shape index (κ2) is 3.10. The van der Waals surface area contributed by atoms with Crippen LogP contribution in [0.2, 0.25) is 0 Å². The zero-order valence-electron chi connectivity index (χ0n) is 6.94. The van der Waals surface area contributed by atoms with Crippen molar-refractivity contribution in [1.29, 1.82) is 0 Å². The van der Waals surface area contributed by atoms with Crippen molar-refractivity contribution >= 4 is 5.78 Å². The maximum atomic E-state index is 11.7. The summed E-state index contributed by atoms with van der Waals surface area (Å²) in [6.45, 7) is 0. The Kier molecular flexibility index (Phi) is 1.94. The quantitative estimate of drug-likeness (QED) is 0.497. The fourth-order valence-electron chi connectivity index (χ4n) is 1.74. The minimum Gasteiger partial charge on any atom is -0.298 e. The zero-order chi connectivity index (χ0) is 8.39. The van der Waals surface area contributed by atoms with Gasteiger partial charge in [-0.1, -0.05) is 36.5 Å². The summed E-state index contributed by atoms with van der Waals surface area (Å²) in [5, 5.41) is 0. The third-order valence-electron chi connectivity index (χ3n) is 2.48. The van der Waals surface area contributed by atoms with Crippen molar-refractivity contribution in [3.63, 3.8) is 0 Å². The molecule has 0 aromatic heterocycles. The van der Waals surface area contributed by atoms with E-state index in [0.29, 0.717) is 5.78 Å². The van der Waals surface area contributed by atoms with Crippen molar-refractivity contribution < 1.29 is 4.79 Å². The Morgan fingerprint density at radius 2 is 1.50 bits per heavy atom. The van der Waals surface area contributed by atoms with Crippen LogP contribution >= 0.6 is 0 Å². The molecule has 0 saturated carbocycles. The number of allylic oxidation sites excluding steroid dienone is 6. The van der Waals surface area contributed by atoms with E-state index < -0.39 is 0 Å². The Morgan fingerprint density at radius 1 is 1.00 bits per heavy atom. The second-order valence-corrected chi connectivity index (χ2v) is 3.33. The van der Waals surface area contributed by atoms with Crippen LogP contribution in [-0.4, -0.2) is 5.78 Å². The fraction of sp³-hybridized carbons (Fsp3) is 0.364. The normalized spacial score (nSPS) is 33.2. The first-order chi connectivity index (χ1) is 5.88. The van der Waals surface area contributed by atoms with Gasteiger partial charge in [0.1, 0.15) is 5.78 Å². The van der Waals surface area contributed by atoms with Crippen LogP contribution in [0.4, 0.5) is 0 Å². The lowest BCUT2D eigenvalue weighted by Crippen LogP contribution is -2.17.